The van der Waals surface area contributed by atoms with Gasteiger partial charge >= 0.3 is 0 Å². The minimum absolute atomic E-state index is 0.0247. The minimum atomic E-state index is -3.85. The highest BCUT2D eigenvalue weighted by molar-refractivity contribution is 7.92. The van der Waals surface area contributed by atoms with E-state index in [0.717, 1.165) is 0 Å². The minimum Gasteiger partial charge on any atom is -0.495 e. The predicted molar refractivity (Wildman–Crippen MR) is 119 cm³/mol. The summed E-state index contributed by atoms with van der Waals surface area (Å²) in [7, 11) is -2.38. The Kier molecular flexibility index (Phi) is 7.47. The van der Waals surface area contributed by atoms with Crippen molar-refractivity contribution in [3.8, 4) is 11.5 Å². The van der Waals surface area contributed by atoms with Gasteiger partial charge in [-0.25, -0.2) is 8.42 Å². The number of carbonyl (C=O) groups is 2. The first-order valence-electron chi connectivity index (χ1n) is 9.86. The second-order valence-corrected chi connectivity index (χ2v) is 9.36. The first-order chi connectivity index (χ1) is 15.2. The highest BCUT2D eigenvalue weighted by atomic mass is 35.5. The summed E-state index contributed by atoms with van der Waals surface area (Å²) in [5.74, 6) is 0.0485. The van der Waals surface area contributed by atoms with Crippen LogP contribution in [0.15, 0.2) is 47.4 Å². The van der Waals surface area contributed by atoms with Crippen molar-refractivity contribution in [1.29, 1.82) is 0 Å². The van der Waals surface area contributed by atoms with Crippen LogP contribution in [-0.2, 0) is 19.6 Å². The molecule has 0 aromatic heterocycles. The lowest BCUT2D eigenvalue weighted by atomic mass is 9.96. The Morgan fingerprint density at radius 2 is 1.81 bits per heavy atom. The van der Waals surface area contributed by atoms with Crippen LogP contribution in [0.1, 0.15) is 12.8 Å². The average Bonchev–Trinajstić information content (AvgIpc) is 2.77. The number of nitrogens with zero attached hydrogens (tertiary/aromatic N) is 1. The van der Waals surface area contributed by atoms with Crippen LogP contribution in [0.2, 0.25) is 5.02 Å². The van der Waals surface area contributed by atoms with Crippen molar-refractivity contribution < 1.29 is 27.5 Å². The molecule has 1 fully saturated rings. The molecule has 2 amide bonds. The average molecular weight is 482 g/mol. The maximum Gasteiger partial charge on any atom is 0.261 e. The monoisotopic (exact) mass is 481 g/mol. The van der Waals surface area contributed by atoms with Gasteiger partial charge in [-0.15, -0.1) is 0 Å². The summed E-state index contributed by atoms with van der Waals surface area (Å²) in [4.78, 5) is 25.2. The van der Waals surface area contributed by atoms with Gasteiger partial charge < -0.3 is 20.1 Å². The zero-order chi connectivity index (χ0) is 23.3. The van der Waals surface area contributed by atoms with Crippen LogP contribution in [0.25, 0.3) is 0 Å². The lowest BCUT2D eigenvalue weighted by Gasteiger charge is -2.30. The van der Waals surface area contributed by atoms with E-state index < -0.39 is 10.0 Å². The van der Waals surface area contributed by atoms with E-state index in [1.165, 1.54) is 43.5 Å². The van der Waals surface area contributed by atoms with Gasteiger partial charge in [0.1, 0.15) is 11.5 Å². The van der Waals surface area contributed by atoms with E-state index in [2.05, 4.69) is 4.72 Å². The highest BCUT2D eigenvalue weighted by Gasteiger charge is 2.26. The molecule has 0 bridgehead atoms. The Labute approximate surface area is 191 Å². The second kappa shape index (κ2) is 10.1. The largest absolute Gasteiger partial charge is 0.495 e. The number of nitrogens with two attached hydrogens (primary N) is 1. The number of sulfonamides is 1. The van der Waals surface area contributed by atoms with Crippen LogP contribution in [0.3, 0.4) is 0 Å². The van der Waals surface area contributed by atoms with Gasteiger partial charge in [-0.3, -0.25) is 14.3 Å². The van der Waals surface area contributed by atoms with E-state index in [-0.39, 0.29) is 34.3 Å². The van der Waals surface area contributed by atoms with Crippen LogP contribution in [0.5, 0.6) is 11.5 Å². The highest BCUT2D eigenvalue weighted by Crippen LogP contribution is 2.28. The van der Waals surface area contributed by atoms with Crippen LogP contribution < -0.4 is 19.9 Å². The molecule has 1 saturated heterocycles. The summed E-state index contributed by atoms with van der Waals surface area (Å²) >= 11 is 6.03. The molecule has 2 aromatic rings. The molecule has 0 aliphatic carbocycles. The molecule has 1 aliphatic heterocycles. The Balaban J connectivity index is 1.55. The van der Waals surface area contributed by atoms with E-state index in [0.29, 0.717) is 43.1 Å². The van der Waals surface area contributed by atoms with Gasteiger partial charge in [0.25, 0.3) is 15.9 Å². The maximum absolute atomic E-state index is 12.6. The Morgan fingerprint density at radius 3 is 2.38 bits per heavy atom. The summed E-state index contributed by atoms with van der Waals surface area (Å²) in [5, 5.41) is 0.278. The fourth-order valence-electron chi connectivity index (χ4n) is 3.31. The van der Waals surface area contributed by atoms with E-state index in [1.807, 2.05) is 0 Å². The number of piperidine rings is 1. The molecule has 172 valence electrons. The van der Waals surface area contributed by atoms with Gasteiger partial charge in [0, 0.05) is 19.0 Å². The van der Waals surface area contributed by atoms with Crippen molar-refractivity contribution in [3.63, 3.8) is 0 Å². The molecule has 3 rings (SSSR count). The summed E-state index contributed by atoms with van der Waals surface area (Å²) in [6.45, 7) is 0.720. The van der Waals surface area contributed by atoms with Crippen molar-refractivity contribution in [2.45, 2.75) is 17.7 Å². The van der Waals surface area contributed by atoms with Gasteiger partial charge in [-0.1, -0.05) is 11.6 Å². The topological polar surface area (TPSA) is 128 Å². The number of amides is 2. The Bertz CT molecular complexity index is 1080. The molecule has 2 aromatic carbocycles. The number of likely N-dealkylation sites (tertiary alicyclic amines) is 1. The SMILES string of the molecule is COc1ccc(NS(=O)(=O)c2ccc(OCC(=O)N3CCC(C(N)=O)CC3)cc2)cc1Cl. The van der Waals surface area contributed by atoms with Crippen molar-refractivity contribution in [3.05, 3.63) is 47.5 Å². The number of halogens is 1. The first kappa shape index (κ1) is 23.7. The van der Waals surface area contributed by atoms with Crippen LogP contribution >= 0.6 is 11.6 Å². The smallest absolute Gasteiger partial charge is 0.261 e. The molecule has 0 radical (unpaired) electrons. The van der Waals surface area contributed by atoms with Gasteiger partial charge in [0.05, 0.1) is 22.7 Å². The van der Waals surface area contributed by atoms with Crippen LogP contribution in [-0.4, -0.2) is 51.9 Å². The number of hydrogen-bond donors (Lipinski definition) is 2. The third kappa shape index (κ3) is 5.83. The predicted octanol–water partition coefficient (Wildman–Crippen LogP) is 2.25. The molecular weight excluding hydrogens is 458 g/mol. The zero-order valence-corrected chi connectivity index (χ0v) is 19.0. The summed E-state index contributed by atoms with van der Waals surface area (Å²) in [6, 6.07) is 10.3. The van der Waals surface area contributed by atoms with Gasteiger partial charge in [-0.05, 0) is 55.3 Å². The van der Waals surface area contributed by atoms with Crippen molar-refractivity contribution in [2.24, 2.45) is 11.7 Å². The van der Waals surface area contributed by atoms with Crippen LogP contribution in [0, 0.1) is 5.92 Å². The van der Waals surface area contributed by atoms with Gasteiger partial charge in [0.2, 0.25) is 5.91 Å². The number of ether oxygens (including phenoxy) is 2. The normalized spacial score (nSPS) is 14.6. The third-order valence-corrected chi connectivity index (χ3v) is 6.84. The summed E-state index contributed by atoms with van der Waals surface area (Å²) in [6.07, 6.45) is 1.08. The fraction of sp³-hybridized carbons (Fsp3) is 0.333. The lowest BCUT2D eigenvalue weighted by molar-refractivity contribution is -0.136. The van der Waals surface area contributed by atoms with Crippen molar-refractivity contribution in [2.75, 3.05) is 31.5 Å². The standard InChI is InChI=1S/C21H24ClN3O6S/c1-30-19-7-2-15(12-18(19)22)24-32(28,29)17-5-3-16(4-6-17)31-13-20(26)25-10-8-14(9-11-25)21(23)27/h2-7,12,14,24H,8-11,13H2,1H3,(H2,23,27). The number of primary amides is 1. The number of anilines is 1. The number of hydrogen-bond acceptors (Lipinski definition) is 6. The van der Waals surface area contributed by atoms with Gasteiger partial charge in [0.15, 0.2) is 6.61 Å². The molecule has 11 heteroatoms. The van der Waals surface area contributed by atoms with E-state index >= 15 is 0 Å². The third-order valence-electron chi connectivity index (χ3n) is 5.15. The second-order valence-electron chi connectivity index (χ2n) is 7.27. The molecule has 32 heavy (non-hydrogen) atoms. The molecule has 0 unspecified atom stereocenters. The molecule has 9 nitrogen and oxygen atoms in total. The number of rotatable bonds is 8. The summed E-state index contributed by atoms with van der Waals surface area (Å²) in [5.41, 5.74) is 5.60. The molecule has 3 N–H and O–H groups in total. The lowest BCUT2D eigenvalue weighted by Crippen LogP contribution is -2.43. The molecular formula is C21H24ClN3O6S. The van der Waals surface area contributed by atoms with E-state index in [9.17, 15) is 18.0 Å². The molecule has 0 atom stereocenters. The zero-order valence-electron chi connectivity index (χ0n) is 17.4. The van der Waals surface area contributed by atoms with E-state index in [4.69, 9.17) is 26.8 Å². The molecule has 1 heterocycles. The fourth-order valence-corrected chi connectivity index (χ4v) is 4.62. The molecule has 0 spiro atoms. The number of nitrogens with one attached hydrogen (secondary N) is 1. The number of carbonyl (C=O) groups excluding carboxylic acids is 2. The van der Waals surface area contributed by atoms with Crippen LogP contribution in [0.4, 0.5) is 5.69 Å². The Morgan fingerprint density at radius 1 is 1.16 bits per heavy atom. The quantitative estimate of drug-likeness (QED) is 0.595. The van der Waals surface area contributed by atoms with E-state index in [1.54, 1.807) is 11.0 Å². The maximum atomic E-state index is 12.6. The number of benzene rings is 2. The molecule has 1 aliphatic rings. The summed E-state index contributed by atoms with van der Waals surface area (Å²) < 4.78 is 38.2. The Hall–Kier alpha value is -2.98. The van der Waals surface area contributed by atoms with Crippen molar-refractivity contribution >= 4 is 39.1 Å². The first-order valence-corrected chi connectivity index (χ1v) is 11.7. The van der Waals surface area contributed by atoms with Gasteiger partial charge in [-0.2, -0.15) is 0 Å². The molecule has 0 saturated carbocycles. The number of methoxy groups -OCH3 is 1. The van der Waals surface area contributed by atoms with Crippen molar-refractivity contribution in [1.82, 2.24) is 4.90 Å².